The first-order chi connectivity index (χ1) is 3.06. The summed E-state index contributed by atoms with van der Waals surface area (Å²) < 4.78 is 30.9. The molecule has 0 aliphatic rings. The van der Waals surface area contributed by atoms with Crippen molar-refractivity contribution in [1.29, 1.82) is 0 Å². The van der Waals surface area contributed by atoms with E-state index >= 15 is 0 Å². The summed E-state index contributed by atoms with van der Waals surface area (Å²) in [7, 11) is -3.24. The number of rotatable bonds is 2. The Balaban J connectivity index is 3.60. The molecule has 0 heterocycles. The average molecular weight is 191 g/mol. The zero-order valence-corrected chi connectivity index (χ0v) is 5.80. The molecule has 2 nitrogen and oxygen atoms in total. The summed E-state index contributed by atoms with van der Waals surface area (Å²) in [5.41, 5.74) is 0. The first kappa shape index (κ1) is 7.36. The van der Waals surface area contributed by atoms with E-state index in [9.17, 15) is 12.8 Å². The van der Waals surface area contributed by atoms with Crippen LogP contribution in [0.2, 0.25) is 0 Å². The predicted octanol–water partition coefficient (Wildman–Crippen LogP) is 0.681. The van der Waals surface area contributed by atoms with Gasteiger partial charge in [-0.2, -0.15) is 0 Å². The van der Waals surface area contributed by atoms with Crippen molar-refractivity contribution in [1.82, 2.24) is 0 Å². The lowest BCUT2D eigenvalue weighted by atomic mass is 10.9. The molecule has 0 bridgehead atoms. The summed E-state index contributed by atoms with van der Waals surface area (Å²) in [6.07, 6.45) is 0. The maximum atomic E-state index is 11.1. The number of hydrogen-bond acceptors (Lipinski definition) is 2. The van der Waals surface area contributed by atoms with Crippen LogP contribution >= 0.6 is 14.8 Å². The van der Waals surface area contributed by atoms with Crippen molar-refractivity contribution in [3.05, 3.63) is 0 Å². The molecule has 44 valence electrons. The standard InChI is InChI=1S/C2H4BrFO2S/c3-7(5,6)2-1-4/h1-2H2. The first-order valence-corrected chi connectivity index (χ1v) is 5.04. The maximum Gasteiger partial charge on any atom is 0.211 e. The van der Waals surface area contributed by atoms with Gasteiger partial charge in [0.2, 0.25) is 8.27 Å². The second-order valence-corrected chi connectivity index (χ2v) is 5.38. The van der Waals surface area contributed by atoms with Crippen molar-refractivity contribution in [3.8, 4) is 0 Å². The lowest BCUT2D eigenvalue weighted by Crippen LogP contribution is -1.96. The van der Waals surface area contributed by atoms with Gasteiger partial charge in [0.25, 0.3) is 0 Å². The fourth-order valence-electron chi connectivity index (χ4n) is 0.0922. The van der Waals surface area contributed by atoms with Crippen LogP contribution in [0.3, 0.4) is 0 Å². The Morgan fingerprint density at radius 3 is 2.00 bits per heavy atom. The van der Waals surface area contributed by atoms with Crippen molar-refractivity contribution >= 4 is 23.1 Å². The zero-order chi connectivity index (χ0) is 5.91. The molecule has 0 saturated heterocycles. The molecule has 0 aromatic heterocycles. The van der Waals surface area contributed by atoms with Crippen molar-refractivity contribution in [2.45, 2.75) is 0 Å². The Kier molecular flexibility index (Phi) is 2.75. The fraction of sp³-hybridized carbons (Fsp3) is 1.00. The highest BCUT2D eigenvalue weighted by Gasteiger charge is 2.00. The van der Waals surface area contributed by atoms with E-state index in [1.54, 1.807) is 0 Å². The molecule has 0 saturated carbocycles. The molecule has 0 aromatic carbocycles. The molecule has 5 heteroatoms. The van der Waals surface area contributed by atoms with Crippen LogP contribution in [0.15, 0.2) is 0 Å². The lowest BCUT2D eigenvalue weighted by Gasteiger charge is -1.82. The SMILES string of the molecule is O=S(=O)(Br)CCF. The maximum absolute atomic E-state index is 11.1. The van der Waals surface area contributed by atoms with E-state index in [0.29, 0.717) is 0 Å². The van der Waals surface area contributed by atoms with Gasteiger partial charge < -0.3 is 0 Å². The lowest BCUT2D eigenvalue weighted by molar-refractivity contribution is 0.521. The van der Waals surface area contributed by atoms with Gasteiger partial charge in [0, 0.05) is 0 Å². The molecule has 0 atom stereocenters. The molecule has 0 radical (unpaired) electrons. The topological polar surface area (TPSA) is 34.1 Å². The first-order valence-electron chi connectivity index (χ1n) is 1.54. The third-order valence-corrected chi connectivity index (χ3v) is 1.93. The monoisotopic (exact) mass is 190 g/mol. The smallest absolute Gasteiger partial charge is 0.211 e. The van der Waals surface area contributed by atoms with Crippen LogP contribution in [0, 0.1) is 0 Å². The molecule has 7 heavy (non-hydrogen) atoms. The van der Waals surface area contributed by atoms with E-state index in [0.717, 1.165) is 0 Å². The van der Waals surface area contributed by atoms with Gasteiger partial charge in [-0.3, -0.25) is 0 Å². The highest BCUT2D eigenvalue weighted by atomic mass is 79.9. The van der Waals surface area contributed by atoms with Crippen LogP contribution in [0.25, 0.3) is 0 Å². The minimum Gasteiger partial charge on any atom is -0.250 e. The molecule has 0 spiro atoms. The van der Waals surface area contributed by atoms with E-state index in [1.165, 1.54) is 0 Å². The second-order valence-electron chi connectivity index (χ2n) is 0.932. The molecule has 0 amide bonds. The third kappa shape index (κ3) is 6.36. The van der Waals surface area contributed by atoms with Gasteiger partial charge in [0.15, 0.2) is 0 Å². The zero-order valence-electron chi connectivity index (χ0n) is 3.39. The highest BCUT2D eigenvalue weighted by Crippen LogP contribution is 1.98. The minimum absolute atomic E-state index is 0.438. The third-order valence-electron chi connectivity index (χ3n) is 0.321. The van der Waals surface area contributed by atoms with Gasteiger partial charge in [-0.05, 0) is 0 Å². The van der Waals surface area contributed by atoms with Crippen LogP contribution in [-0.4, -0.2) is 20.8 Å². The predicted molar refractivity (Wildman–Crippen MR) is 28.7 cm³/mol. The quantitative estimate of drug-likeness (QED) is 0.601. The van der Waals surface area contributed by atoms with E-state index < -0.39 is 20.7 Å². The van der Waals surface area contributed by atoms with Gasteiger partial charge >= 0.3 is 0 Å². The van der Waals surface area contributed by atoms with Gasteiger partial charge in [-0.1, -0.05) is 0 Å². The Morgan fingerprint density at radius 1 is 1.57 bits per heavy atom. The van der Waals surface area contributed by atoms with Gasteiger partial charge in [-0.15, -0.1) is 0 Å². The number of alkyl halides is 1. The Bertz CT molecular complexity index is 129. The van der Waals surface area contributed by atoms with Crippen molar-refractivity contribution in [3.63, 3.8) is 0 Å². The summed E-state index contributed by atoms with van der Waals surface area (Å²) in [6.45, 7) is -0.826. The van der Waals surface area contributed by atoms with Crippen LogP contribution in [0.1, 0.15) is 0 Å². The summed E-state index contributed by atoms with van der Waals surface area (Å²) >= 11 is 2.27. The van der Waals surface area contributed by atoms with Gasteiger partial charge in [0.05, 0.1) is 20.6 Å². The molecule has 0 aliphatic heterocycles. The van der Waals surface area contributed by atoms with E-state index in [-0.39, 0.29) is 0 Å². The number of hydrogen-bond donors (Lipinski definition) is 0. The van der Waals surface area contributed by atoms with E-state index in [2.05, 4.69) is 14.8 Å². The van der Waals surface area contributed by atoms with Crippen molar-refractivity contribution in [2.75, 3.05) is 12.4 Å². The summed E-state index contributed by atoms with van der Waals surface area (Å²) in [4.78, 5) is 0. The highest BCUT2D eigenvalue weighted by molar-refractivity contribution is 9.47. The Morgan fingerprint density at radius 2 is 2.00 bits per heavy atom. The molecule has 0 aliphatic carbocycles. The number of halogens is 2. The summed E-state index contributed by atoms with van der Waals surface area (Å²) in [5.74, 6) is -0.438. The largest absolute Gasteiger partial charge is 0.250 e. The van der Waals surface area contributed by atoms with E-state index in [4.69, 9.17) is 0 Å². The van der Waals surface area contributed by atoms with Gasteiger partial charge in [-0.25, -0.2) is 12.8 Å². The average Bonchev–Trinajstić information content (AvgIpc) is 1.30. The molecular weight excluding hydrogens is 187 g/mol. The van der Waals surface area contributed by atoms with Crippen LogP contribution in [0.4, 0.5) is 4.39 Å². The Labute approximate surface area is 48.8 Å². The van der Waals surface area contributed by atoms with Crippen molar-refractivity contribution in [2.24, 2.45) is 0 Å². The second kappa shape index (κ2) is 2.61. The molecule has 0 unspecified atom stereocenters. The molecule has 0 rings (SSSR count). The molecule has 0 fully saturated rings. The minimum atomic E-state index is -3.24. The fourth-order valence-corrected chi connectivity index (χ4v) is 0.644. The molecule has 0 N–H and O–H groups in total. The normalized spacial score (nSPS) is 11.7. The summed E-state index contributed by atoms with van der Waals surface area (Å²) in [5, 5.41) is 0. The van der Waals surface area contributed by atoms with Crippen LogP contribution in [-0.2, 0) is 8.27 Å². The molecule has 0 aromatic rings. The molecular formula is C2H4BrFO2S. The Hall–Kier alpha value is 0.360. The van der Waals surface area contributed by atoms with E-state index in [1.807, 2.05) is 0 Å². The van der Waals surface area contributed by atoms with Crippen LogP contribution < -0.4 is 0 Å². The van der Waals surface area contributed by atoms with Crippen LogP contribution in [0.5, 0.6) is 0 Å². The summed E-state index contributed by atoms with van der Waals surface area (Å²) in [6, 6.07) is 0. The van der Waals surface area contributed by atoms with Gasteiger partial charge in [0.1, 0.15) is 6.67 Å². The van der Waals surface area contributed by atoms with Crippen molar-refractivity contribution < 1.29 is 12.8 Å².